The van der Waals surface area contributed by atoms with Gasteiger partial charge < -0.3 is 4.90 Å². The molecule has 0 unspecified atom stereocenters. The van der Waals surface area contributed by atoms with Crippen LogP contribution in [-0.4, -0.2) is 18.0 Å². The highest BCUT2D eigenvalue weighted by molar-refractivity contribution is 4.97. The smallest absolute Gasteiger partial charge is 0.0172 e. The quantitative estimate of drug-likeness (QED) is 0.527. The van der Waals surface area contributed by atoms with E-state index in [-0.39, 0.29) is 0 Å². The first-order valence-electron chi connectivity index (χ1n) is 3.97. The van der Waals surface area contributed by atoms with Crippen LogP contribution in [0.15, 0.2) is 24.9 Å². The molecule has 1 aliphatic rings. The van der Waals surface area contributed by atoms with Crippen LogP contribution in [0.5, 0.6) is 0 Å². The fourth-order valence-electron chi connectivity index (χ4n) is 1.25. The number of hydrogen-bond acceptors (Lipinski definition) is 1. The summed E-state index contributed by atoms with van der Waals surface area (Å²) in [5.74, 6) is 0. The molecule has 10 heavy (non-hydrogen) atoms. The minimum absolute atomic E-state index is 1.23. The molecule has 0 bridgehead atoms. The van der Waals surface area contributed by atoms with Gasteiger partial charge in [-0.15, -0.1) is 0 Å². The predicted octanol–water partition coefficient (Wildman–Crippen LogP) is 2.17. The third kappa shape index (κ3) is 2.26. The van der Waals surface area contributed by atoms with Crippen molar-refractivity contribution in [2.45, 2.75) is 19.3 Å². The average molecular weight is 137 g/mol. The van der Waals surface area contributed by atoms with Gasteiger partial charge in [0.2, 0.25) is 0 Å². The molecule has 0 amide bonds. The van der Waals surface area contributed by atoms with Crippen molar-refractivity contribution in [1.29, 1.82) is 0 Å². The largest absolute Gasteiger partial charge is 0.377 e. The van der Waals surface area contributed by atoms with Gasteiger partial charge in [0, 0.05) is 13.1 Å². The SMILES string of the molecule is C=C/C=C\N1CCCCC1. The van der Waals surface area contributed by atoms with Gasteiger partial charge in [-0.1, -0.05) is 12.7 Å². The van der Waals surface area contributed by atoms with Crippen molar-refractivity contribution in [3.8, 4) is 0 Å². The molecule has 0 aliphatic carbocycles. The van der Waals surface area contributed by atoms with Crippen molar-refractivity contribution in [3.05, 3.63) is 24.9 Å². The molecule has 0 radical (unpaired) electrons. The molecule has 1 heterocycles. The molecule has 0 aromatic rings. The molecule has 0 atom stereocenters. The molecular weight excluding hydrogens is 122 g/mol. The van der Waals surface area contributed by atoms with E-state index >= 15 is 0 Å². The number of nitrogens with zero attached hydrogens (tertiary/aromatic N) is 1. The lowest BCUT2D eigenvalue weighted by molar-refractivity contribution is 0.309. The van der Waals surface area contributed by atoms with Crippen LogP contribution in [0.2, 0.25) is 0 Å². The second kappa shape index (κ2) is 4.15. The first kappa shape index (κ1) is 7.39. The molecule has 0 spiro atoms. The van der Waals surface area contributed by atoms with Crippen molar-refractivity contribution in [2.24, 2.45) is 0 Å². The average Bonchev–Trinajstić information content (AvgIpc) is 2.03. The standard InChI is InChI=1S/C9H15N/c1-2-3-7-10-8-5-4-6-9-10/h2-3,7H,1,4-6,8-9H2/b7-3-. The van der Waals surface area contributed by atoms with E-state index < -0.39 is 0 Å². The summed E-state index contributed by atoms with van der Waals surface area (Å²) in [5.41, 5.74) is 0. The molecule has 56 valence electrons. The van der Waals surface area contributed by atoms with Gasteiger partial charge in [0.25, 0.3) is 0 Å². The summed E-state index contributed by atoms with van der Waals surface area (Å²) in [6.07, 6.45) is 10.1. The Labute approximate surface area is 63.0 Å². The fourth-order valence-corrected chi connectivity index (χ4v) is 1.25. The maximum absolute atomic E-state index is 3.63. The zero-order valence-corrected chi connectivity index (χ0v) is 6.42. The molecule has 1 aliphatic heterocycles. The zero-order valence-electron chi connectivity index (χ0n) is 6.42. The lowest BCUT2D eigenvalue weighted by Crippen LogP contribution is -2.23. The molecular formula is C9H15N. The summed E-state index contributed by atoms with van der Waals surface area (Å²) in [6, 6.07) is 0. The van der Waals surface area contributed by atoms with E-state index in [1.54, 1.807) is 0 Å². The highest BCUT2D eigenvalue weighted by Gasteiger charge is 2.03. The minimum Gasteiger partial charge on any atom is -0.377 e. The normalized spacial score (nSPS) is 19.8. The number of hydrogen-bond donors (Lipinski definition) is 0. The maximum atomic E-state index is 3.63. The van der Waals surface area contributed by atoms with Crippen molar-refractivity contribution in [3.63, 3.8) is 0 Å². The van der Waals surface area contributed by atoms with E-state index in [0.717, 1.165) is 0 Å². The third-order valence-corrected chi connectivity index (χ3v) is 1.82. The van der Waals surface area contributed by atoms with Crippen LogP contribution in [-0.2, 0) is 0 Å². The van der Waals surface area contributed by atoms with Gasteiger partial charge in [-0.2, -0.15) is 0 Å². The Bertz CT molecular complexity index is 121. The molecule has 1 nitrogen and oxygen atoms in total. The Morgan fingerprint density at radius 1 is 1.10 bits per heavy atom. The Morgan fingerprint density at radius 3 is 2.40 bits per heavy atom. The summed E-state index contributed by atoms with van der Waals surface area (Å²) in [6.45, 7) is 6.08. The van der Waals surface area contributed by atoms with Crippen molar-refractivity contribution < 1.29 is 0 Å². The van der Waals surface area contributed by atoms with E-state index in [1.807, 2.05) is 12.2 Å². The summed E-state index contributed by atoms with van der Waals surface area (Å²) >= 11 is 0. The second-order valence-electron chi connectivity index (χ2n) is 2.67. The predicted molar refractivity (Wildman–Crippen MR) is 44.8 cm³/mol. The minimum atomic E-state index is 1.23. The summed E-state index contributed by atoms with van der Waals surface area (Å²) in [7, 11) is 0. The van der Waals surface area contributed by atoms with E-state index in [2.05, 4.69) is 17.7 Å². The molecule has 0 aromatic carbocycles. The van der Waals surface area contributed by atoms with Crippen LogP contribution < -0.4 is 0 Å². The molecule has 0 aromatic heterocycles. The van der Waals surface area contributed by atoms with Crippen LogP contribution in [0.1, 0.15) is 19.3 Å². The van der Waals surface area contributed by atoms with Crippen LogP contribution >= 0.6 is 0 Å². The van der Waals surface area contributed by atoms with E-state index in [0.29, 0.717) is 0 Å². The Kier molecular flexibility index (Phi) is 3.07. The Morgan fingerprint density at radius 2 is 1.80 bits per heavy atom. The third-order valence-electron chi connectivity index (χ3n) is 1.82. The summed E-state index contributed by atoms with van der Waals surface area (Å²) < 4.78 is 0. The molecule has 0 saturated carbocycles. The first-order valence-corrected chi connectivity index (χ1v) is 3.97. The van der Waals surface area contributed by atoms with Gasteiger partial charge in [-0.25, -0.2) is 0 Å². The lowest BCUT2D eigenvalue weighted by atomic mass is 10.1. The van der Waals surface area contributed by atoms with Crippen molar-refractivity contribution in [2.75, 3.05) is 13.1 Å². The highest BCUT2D eigenvalue weighted by atomic mass is 15.1. The second-order valence-corrected chi connectivity index (χ2v) is 2.67. The van der Waals surface area contributed by atoms with Crippen LogP contribution in [0.3, 0.4) is 0 Å². The zero-order chi connectivity index (χ0) is 7.23. The number of rotatable bonds is 2. The van der Waals surface area contributed by atoms with E-state index in [4.69, 9.17) is 0 Å². The van der Waals surface area contributed by atoms with Gasteiger partial charge in [0.15, 0.2) is 0 Å². The van der Waals surface area contributed by atoms with Crippen LogP contribution in [0.4, 0.5) is 0 Å². The lowest BCUT2D eigenvalue weighted by Gasteiger charge is -2.24. The first-order chi connectivity index (χ1) is 4.93. The van der Waals surface area contributed by atoms with Crippen molar-refractivity contribution >= 4 is 0 Å². The molecule has 1 heteroatoms. The van der Waals surface area contributed by atoms with E-state index in [9.17, 15) is 0 Å². The fraction of sp³-hybridized carbons (Fsp3) is 0.556. The van der Waals surface area contributed by atoms with Crippen LogP contribution in [0, 0.1) is 0 Å². The topological polar surface area (TPSA) is 3.24 Å². The number of allylic oxidation sites excluding steroid dienone is 2. The monoisotopic (exact) mass is 137 g/mol. The van der Waals surface area contributed by atoms with E-state index in [1.165, 1.54) is 32.4 Å². The molecule has 1 fully saturated rings. The van der Waals surface area contributed by atoms with Gasteiger partial charge in [-0.05, 0) is 31.5 Å². The Hall–Kier alpha value is -0.720. The van der Waals surface area contributed by atoms with Crippen molar-refractivity contribution in [1.82, 2.24) is 4.90 Å². The maximum Gasteiger partial charge on any atom is 0.0172 e. The molecule has 0 N–H and O–H groups in total. The van der Waals surface area contributed by atoms with Gasteiger partial charge in [0.1, 0.15) is 0 Å². The summed E-state index contributed by atoms with van der Waals surface area (Å²) in [4.78, 5) is 2.35. The van der Waals surface area contributed by atoms with Crippen LogP contribution in [0.25, 0.3) is 0 Å². The van der Waals surface area contributed by atoms with Gasteiger partial charge >= 0.3 is 0 Å². The number of piperidine rings is 1. The van der Waals surface area contributed by atoms with Gasteiger partial charge in [-0.3, -0.25) is 0 Å². The summed E-state index contributed by atoms with van der Waals surface area (Å²) in [5, 5.41) is 0. The number of likely N-dealkylation sites (tertiary alicyclic amines) is 1. The van der Waals surface area contributed by atoms with Gasteiger partial charge in [0.05, 0.1) is 0 Å². The molecule has 1 rings (SSSR count). The Balaban J connectivity index is 2.25. The highest BCUT2D eigenvalue weighted by Crippen LogP contribution is 2.08. The molecule has 1 saturated heterocycles.